The average molecular weight is 285 g/mol. The Morgan fingerprint density at radius 2 is 1.95 bits per heavy atom. The Balaban J connectivity index is 0.00000176. The van der Waals surface area contributed by atoms with Gasteiger partial charge in [-0.2, -0.15) is 0 Å². The maximum atomic E-state index is 12.2. The molecular weight excluding hydrogens is 270 g/mol. The monoisotopic (exact) mass is 285 g/mol. The number of benzene rings is 1. The van der Waals surface area contributed by atoms with E-state index in [0.717, 1.165) is 16.1 Å². The van der Waals surface area contributed by atoms with Gasteiger partial charge in [-0.05, 0) is 12.1 Å². The summed E-state index contributed by atoms with van der Waals surface area (Å²) in [7, 11) is 0. The van der Waals surface area contributed by atoms with Crippen molar-refractivity contribution in [2.75, 3.05) is 0 Å². The molecular formula is C16H15NO4. The van der Waals surface area contributed by atoms with Crippen LogP contribution in [0.4, 0.5) is 0 Å². The zero-order valence-electron chi connectivity index (χ0n) is 11.2. The molecule has 2 aromatic heterocycles. The SMILES string of the molecule is O=C(CCc1ccco1)n1oc(=O)cc1-c1ccccc1.[HH]. The Morgan fingerprint density at radius 3 is 2.67 bits per heavy atom. The first kappa shape index (κ1) is 13.2. The minimum Gasteiger partial charge on any atom is -0.469 e. The molecule has 0 atom stereocenters. The summed E-state index contributed by atoms with van der Waals surface area (Å²) in [5.41, 5.74) is 0.681. The van der Waals surface area contributed by atoms with E-state index in [1.807, 2.05) is 30.3 Å². The topological polar surface area (TPSA) is 65.3 Å². The number of hydrogen-bond donors (Lipinski definition) is 0. The van der Waals surface area contributed by atoms with Crippen molar-refractivity contribution in [2.24, 2.45) is 0 Å². The van der Waals surface area contributed by atoms with E-state index in [-0.39, 0.29) is 13.8 Å². The highest BCUT2D eigenvalue weighted by atomic mass is 16.5. The van der Waals surface area contributed by atoms with Gasteiger partial charge in [0.25, 0.3) is 5.91 Å². The Bertz CT molecular complexity index is 787. The van der Waals surface area contributed by atoms with E-state index in [1.54, 1.807) is 18.4 Å². The van der Waals surface area contributed by atoms with Crippen LogP contribution in [0.25, 0.3) is 11.3 Å². The molecule has 108 valence electrons. The summed E-state index contributed by atoms with van der Waals surface area (Å²) in [4.78, 5) is 23.7. The molecule has 0 amide bonds. The van der Waals surface area contributed by atoms with Crippen LogP contribution >= 0.6 is 0 Å². The highest BCUT2D eigenvalue weighted by Gasteiger charge is 2.16. The van der Waals surface area contributed by atoms with Gasteiger partial charge < -0.3 is 8.94 Å². The smallest absolute Gasteiger partial charge is 0.358 e. The summed E-state index contributed by atoms with van der Waals surface area (Å²) in [6.07, 6.45) is 2.22. The molecule has 0 aliphatic carbocycles. The van der Waals surface area contributed by atoms with Crippen molar-refractivity contribution in [2.45, 2.75) is 12.8 Å². The largest absolute Gasteiger partial charge is 0.469 e. The lowest BCUT2D eigenvalue weighted by Crippen LogP contribution is -2.12. The zero-order chi connectivity index (χ0) is 14.7. The van der Waals surface area contributed by atoms with Crippen LogP contribution < -0.4 is 5.63 Å². The van der Waals surface area contributed by atoms with E-state index in [9.17, 15) is 9.59 Å². The molecule has 3 rings (SSSR count). The lowest BCUT2D eigenvalue weighted by Gasteiger charge is -2.04. The van der Waals surface area contributed by atoms with Gasteiger partial charge in [-0.25, -0.2) is 4.79 Å². The molecule has 0 spiro atoms. The van der Waals surface area contributed by atoms with E-state index < -0.39 is 5.63 Å². The summed E-state index contributed by atoms with van der Waals surface area (Å²) in [5.74, 6) is 0.437. The van der Waals surface area contributed by atoms with Gasteiger partial charge in [-0.15, -0.1) is 4.74 Å². The fourth-order valence-corrected chi connectivity index (χ4v) is 2.12. The number of carbonyl (C=O) groups excluding carboxylic acids is 1. The molecule has 0 aliphatic heterocycles. The maximum absolute atomic E-state index is 12.2. The maximum Gasteiger partial charge on any atom is 0.358 e. The first-order chi connectivity index (χ1) is 10.2. The third-order valence-corrected chi connectivity index (χ3v) is 3.12. The predicted molar refractivity (Wildman–Crippen MR) is 78.2 cm³/mol. The molecule has 0 fully saturated rings. The second kappa shape index (κ2) is 5.66. The van der Waals surface area contributed by atoms with Crippen molar-refractivity contribution >= 4 is 5.91 Å². The van der Waals surface area contributed by atoms with Crippen LogP contribution in [-0.4, -0.2) is 10.6 Å². The van der Waals surface area contributed by atoms with E-state index >= 15 is 0 Å². The van der Waals surface area contributed by atoms with Gasteiger partial charge in [-0.1, -0.05) is 30.3 Å². The fraction of sp³-hybridized carbons (Fsp3) is 0.125. The standard InChI is InChI=1S/C16H13NO4.H2/c18-15(9-8-13-7-4-10-20-13)17-14(11-16(19)21-17)12-5-2-1-3-6-12;/h1-7,10-11H,8-9H2;1H. The number of aromatic nitrogens is 1. The Hall–Kier alpha value is -2.82. The van der Waals surface area contributed by atoms with Gasteiger partial charge in [0.2, 0.25) is 0 Å². The minimum atomic E-state index is -0.541. The van der Waals surface area contributed by atoms with Crippen molar-refractivity contribution < 1.29 is 15.2 Å². The number of furan rings is 1. The van der Waals surface area contributed by atoms with Crippen LogP contribution in [0.15, 0.2) is 68.5 Å². The number of aryl methyl sites for hydroxylation is 1. The van der Waals surface area contributed by atoms with Crippen molar-refractivity contribution in [1.29, 1.82) is 0 Å². The molecule has 0 saturated carbocycles. The second-order valence-electron chi connectivity index (χ2n) is 4.57. The average Bonchev–Trinajstić information content (AvgIpc) is 3.15. The van der Waals surface area contributed by atoms with Crippen molar-refractivity contribution in [3.8, 4) is 11.3 Å². The predicted octanol–water partition coefficient (Wildman–Crippen LogP) is 3.22. The summed E-state index contributed by atoms with van der Waals surface area (Å²) in [6.45, 7) is 0. The lowest BCUT2D eigenvalue weighted by molar-refractivity contribution is 0.0778. The first-order valence-electron chi connectivity index (χ1n) is 6.58. The zero-order valence-corrected chi connectivity index (χ0v) is 11.2. The highest BCUT2D eigenvalue weighted by Crippen LogP contribution is 2.18. The molecule has 0 aliphatic rings. The molecule has 0 saturated heterocycles. The molecule has 0 N–H and O–H groups in total. The van der Waals surface area contributed by atoms with Gasteiger partial charge in [0.1, 0.15) is 5.76 Å². The van der Waals surface area contributed by atoms with Crippen molar-refractivity contribution in [1.82, 2.24) is 4.74 Å². The number of nitrogens with zero attached hydrogens (tertiary/aromatic N) is 1. The summed E-state index contributed by atoms with van der Waals surface area (Å²) < 4.78 is 11.2. The van der Waals surface area contributed by atoms with Crippen molar-refractivity contribution in [3.05, 3.63) is 71.0 Å². The van der Waals surface area contributed by atoms with E-state index in [0.29, 0.717) is 12.1 Å². The minimum absolute atomic E-state index is 0. The molecule has 0 unspecified atom stereocenters. The molecule has 0 bridgehead atoms. The first-order valence-corrected chi connectivity index (χ1v) is 6.58. The Labute approximate surface area is 121 Å². The van der Waals surface area contributed by atoms with Crippen LogP contribution in [0.2, 0.25) is 0 Å². The van der Waals surface area contributed by atoms with Crippen LogP contribution in [0.1, 0.15) is 18.4 Å². The van der Waals surface area contributed by atoms with Gasteiger partial charge in [0.05, 0.1) is 18.0 Å². The third kappa shape index (κ3) is 2.86. The Morgan fingerprint density at radius 1 is 1.14 bits per heavy atom. The van der Waals surface area contributed by atoms with Crippen LogP contribution in [0, 0.1) is 0 Å². The number of hydrogen-bond acceptors (Lipinski definition) is 4. The summed E-state index contributed by atoms with van der Waals surface area (Å²) in [5, 5.41) is 0. The molecule has 5 heteroatoms. The fourth-order valence-electron chi connectivity index (χ4n) is 2.12. The van der Waals surface area contributed by atoms with Gasteiger partial charge in [0.15, 0.2) is 0 Å². The van der Waals surface area contributed by atoms with Crippen LogP contribution in [0.3, 0.4) is 0 Å². The Kier molecular flexibility index (Phi) is 3.55. The molecule has 21 heavy (non-hydrogen) atoms. The van der Waals surface area contributed by atoms with Crippen LogP contribution in [-0.2, 0) is 6.42 Å². The quantitative estimate of drug-likeness (QED) is 0.738. The van der Waals surface area contributed by atoms with E-state index in [2.05, 4.69) is 0 Å². The molecule has 0 radical (unpaired) electrons. The van der Waals surface area contributed by atoms with Crippen LogP contribution in [0.5, 0.6) is 0 Å². The van der Waals surface area contributed by atoms with Gasteiger partial charge >= 0.3 is 5.63 Å². The molecule has 3 aromatic rings. The van der Waals surface area contributed by atoms with Gasteiger partial charge in [-0.3, -0.25) is 4.79 Å². The summed E-state index contributed by atoms with van der Waals surface area (Å²) >= 11 is 0. The number of carbonyl (C=O) groups is 1. The second-order valence-corrected chi connectivity index (χ2v) is 4.57. The highest BCUT2D eigenvalue weighted by molar-refractivity contribution is 5.82. The molecule has 1 aromatic carbocycles. The van der Waals surface area contributed by atoms with E-state index in [1.165, 1.54) is 6.07 Å². The molecule has 2 heterocycles. The number of rotatable bonds is 4. The lowest BCUT2D eigenvalue weighted by atomic mass is 10.1. The van der Waals surface area contributed by atoms with E-state index in [4.69, 9.17) is 8.94 Å². The van der Waals surface area contributed by atoms with Gasteiger partial charge in [0, 0.05) is 19.8 Å². The normalized spacial score (nSPS) is 10.7. The summed E-state index contributed by atoms with van der Waals surface area (Å²) in [6, 6.07) is 14.1. The molecule has 5 nitrogen and oxygen atoms in total. The third-order valence-electron chi connectivity index (χ3n) is 3.12. The van der Waals surface area contributed by atoms with Crippen molar-refractivity contribution in [3.63, 3.8) is 0 Å².